The molecule has 0 fully saturated rings. The second-order valence-corrected chi connectivity index (χ2v) is 5.40. The van der Waals surface area contributed by atoms with Crippen LogP contribution in [0.1, 0.15) is 12.5 Å². The van der Waals surface area contributed by atoms with Gasteiger partial charge in [-0.2, -0.15) is 0 Å². The molecule has 0 amide bonds. The van der Waals surface area contributed by atoms with Gasteiger partial charge in [0.25, 0.3) is 0 Å². The highest BCUT2D eigenvalue weighted by molar-refractivity contribution is 8.02. The van der Waals surface area contributed by atoms with Gasteiger partial charge >= 0.3 is 5.97 Å². The van der Waals surface area contributed by atoms with Gasteiger partial charge in [-0.1, -0.05) is 47.6 Å². The fraction of sp³-hybridized carbons (Fsp3) is 0.0625. The number of thioether (sulfide) groups is 1. The van der Waals surface area contributed by atoms with Gasteiger partial charge in [0, 0.05) is 11.9 Å². The first-order valence-corrected chi connectivity index (χ1v) is 7.27. The van der Waals surface area contributed by atoms with Crippen molar-refractivity contribution in [1.82, 2.24) is 0 Å². The summed E-state index contributed by atoms with van der Waals surface area (Å²) >= 11 is 7.33. The van der Waals surface area contributed by atoms with Gasteiger partial charge in [0.05, 0.1) is 4.90 Å². The van der Waals surface area contributed by atoms with Crippen molar-refractivity contribution in [2.75, 3.05) is 0 Å². The van der Waals surface area contributed by atoms with Gasteiger partial charge in [0.15, 0.2) is 0 Å². The van der Waals surface area contributed by atoms with Crippen LogP contribution in [0.5, 0.6) is 5.75 Å². The van der Waals surface area contributed by atoms with Crippen molar-refractivity contribution in [3.8, 4) is 5.75 Å². The molecule has 0 aliphatic carbocycles. The van der Waals surface area contributed by atoms with Gasteiger partial charge in [0.1, 0.15) is 5.75 Å². The van der Waals surface area contributed by atoms with Crippen LogP contribution in [0, 0.1) is 0 Å². The molecule has 0 atom stereocenters. The minimum atomic E-state index is -0.320. The average Bonchev–Trinajstić information content (AvgIpc) is 2.42. The summed E-state index contributed by atoms with van der Waals surface area (Å²) in [4.78, 5) is 11.9. The number of hydrogen-bond donors (Lipinski definition) is 0. The molecule has 0 saturated carbocycles. The van der Waals surface area contributed by atoms with Crippen molar-refractivity contribution < 1.29 is 9.53 Å². The monoisotopic (exact) mass is 304 g/mol. The van der Waals surface area contributed by atoms with Crippen molar-refractivity contribution in [3.05, 3.63) is 64.5 Å². The zero-order valence-electron chi connectivity index (χ0n) is 10.9. The van der Waals surface area contributed by atoms with E-state index < -0.39 is 0 Å². The number of benzene rings is 2. The zero-order valence-corrected chi connectivity index (χ0v) is 12.4. The number of rotatable bonds is 4. The van der Waals surface area contributed by atoms with Crippen LogP contribution < -0.4 is 4.74 Å². The van der Waals surface area contributed by atoms with Crippen molar-refractivity contribution in [2.24, 2.45) is 0 Å². The van der Waals surface area contributed by atoms with E-state index in [1.54, 1.807) is 6.07 Å². The molecule has 102 valence electrons. The molecular weight excluding hydrogens is 292 g/mol. The Labute approximate surface area is 127 Å². The van der Waals surface area contributed by atoms with Crippen molar-refractivity contribution in [2.45, 2.75) is 11.8 Å². The summed E-state index contributed by atoms with van der Waals surface area (Å²) in [7, 11) is 0. The van der Waals surface area contributed by atoms with Crippen LogP contribution in [0.2, 0.25) is 5.02 Å². The van der Waals surface area contributed by atoms with E-state index in [4.69, 9.17) is 16.3 Å². The third-order valence-electron chi connectivity index (χ3n) is 2.43. The normalized spacial score (nSPS) is 10.7. The van der Waals surface area contributed by atoms with Crippen LogP contribution >= 0.6 is 23.4 Å². The number of esters is 1. The molecule has 0 saturated heterocycles. The second-order valence-electron chi connectivity index (χ2n) is 4.01. The van der Waals surface area contributed by atoms with Crippen LogP contribution in [0.4, 0.5) is 0 Å². The van der Waals surface area contributed by atoms with E-state index in [9.17, 15) is 4.79 Å². The largest absolute Gasteiger partial charge is 0.426 e. The molecule has 2 rings (SSSR count). The maximum Gasteiger partial charge on any atom is 0.308 e. The third kappa shape index (κ3) is 4.44. The Bertz CT molecular complexity index is 621. The fourth-order valence-corrected chi connectivity index (χ4v) is 2.43. The highest BCUT2D eigenvalue weighted by Crippen LogP contribution is 2.30. The first-order chi connectivity index (χ1) is 9.65. The van der Waals surface area contributed by atoms with Crippen molar-refractivity contribution in [1.29, 1.82) is 0 Å². The lowest BCUT2D eigenvalue weighted by molar-refractivity contribution is -0.132. The Kier molecular flexibility index (Phi) is 5.27. The molecule has 0 heterocycles. The summed E-state index contributed by atoms with van der Waals surface area (Å²) in [5.74, 6) is 0.255. The van der Waals surface area contributed by atoms with E-state index >= 15 is 0 Å². The minimum absolute atomic E-state index is 0.320. The number of carbonyl (C=O) groups excluding carboxylic acids is 1. The standard InChI is InChI=1S/C16H13ClO2S/c1-12(18)19-15-4-2-3-5-16(15)20-11-10-13-6-8-14(17)9-7-13/h2-11H,1H3/b11-10-. The molecule has 2 aromatic carbocycles. The molecule has 0 bridgehead atoms. The molecule has 0 aromatic heterocycles. The lowest BCUT2D eigenvalue weighted by atomic mass is 10.2. The minimum Gasteiger partial charge on any atom is -0.426 e. The maximum atomic E-state index is 11.0. The molecule has 0 spiro atoms. The Hall–Kier alpha value is -1.71. The molecule has 0 aliphatic heterocycles. The molecule has 20 heavy (non-hydrogen) atoms. The van der Waals surface area contributed by atoms with Crippen molar-refractivity contribution >= 4 is 35.4 Å². The summed E-state index contributed by atoms with van der Waals surface area (Å²) in [5, 5.41) is 2.67. The number of halogens is 1. The Morgan fingerprint density at radius 2 is 1.85 bits per heavy atom. The first kappa shape index (κ1) is 14.7. The molecule has 0 radical (unpaired) electrons. The van der Waals surface area contributed by atoms with Crippen LogP contribution in [-0.2, 0) is 4.79 Å². The topological polar surface area (TPSA) is 26.3 Å². The van der Waals surface area contributed by atoms with Gasteiger partial charge in [-0.05, 0) is 41.3 Å². The zero-order chi connectivity index (χ0) is 14.4. The summed E-state index contributed by atoms with van der Waals surface area (Å²) in [6, 6.07) is 15.0. The Morgan fingerprint density at radius 3 is 2.55 bits per heavy atom. The van der Waals surface area contributed by atoms with Gasteiger partial charge < -0.3 is 4.74 Å². The number of para-hydroxylation sites is 1. The van der Waals surface area contributed by atoms with E-state index in [2.05, 4.69) is 0 Å². The van der Waals surface area contributed by atoms with Gasteiger partial charge in [-0.25, -0.2) is 0 Å². The van der Waals surface area contributed by atoms with E-state index in [-0.39, 0.29) is 5.97 Å². The highest BCUT2D eigenvalue weighted by atomic mass is 35.5. The Balaban J connectivity index is 2.07. The summed E-state index contributed by atoms with van der Waals surface area (Å²) in [6.07, 6.45) is 1.98. The molecule has 0 aliphatic rings. The highest BCUT2D eigenvalue weighted by Gasteiger charge is 2.04. The third-order valence-corrected chi connectivity index (χ3v) is 3.54. The smallest absolute Gasteiger partial charge is 0.308 e. The second kappa shape index (κ2) is 7.17. The lowest BCUT2D eigenvalue weighted by Gasteiger charge is -2.05. The molecule has 0 N–H and O–H groups in total. The molecule has 0 unspecified atom stereocenters. The number of hydrogen-bond acceptors (Lipinski definition) is 3. The fourth-order valence-electron chi connectivity index (χ4n) is 1.55. The predicted molar refractivity (Wildman–Crippen MR) is 84.1 cm³/mol. The molecular formula is C16H13ClO2S. The van der Waals surface area contributed by atoms with Crippen LogP contribution in [0.15, 0.2) is 58.8 Å². The average molecular weight is 305 g/mol. The van der Waals surface area contributed by atoms with E-state index in [1.807, 2.05) is 53.9 Å². The summed E-state index contributed by atoms with van der Waals surface area (Å²) < 4.78 is 5.15. The van der Waals surface area contributed by atoms with Crippen LogP contribution in [0.25, 0.3) is 6.08 Å². The van der Waals surface area contributed by atoms with Crippen molar-refractivity contribution in [3.63, 3.8) is 0 Å². The summed E-state index contributed by atoms with van der Waals surface area (Å²) in [5.41, 5.74) is 1.06. The number of carbonyl (C=O) groups is 1. The predicted octanol–water partition coefficient (Wildman–Crippen LogP) is 5.03. The van der Waals surface area contributed by atoms with Gasteiger partial charge in [-0.15, -0.1) is 0 Å². The van der Waals surface area contributed by atoms with E-state index in [0.29, 0.717) is 5.75 Å². The SMILES string of the molecule is CC(=O)Oc1ccccc1S/C=C\c1ccc(Cl)cc1. The quantitative estimate of drug-likeness (QED) is 0.450. The number of ether oxygens (including phenoxy) is 1. The van der Waals surface area contributed by atoms with Gasteiger partial charge in [-0.3, -0.25) is 4.79 Å². The van der Waals surface area contributed by atoms with E-state index in [1.165, 1.54) is 18.7 Å². The van der Waals surface area contributed by atoms with Crippen LogP contribution in [0.3, 0.4) is 0 Å². The maximum absolute atomic E-state index is 11.0. The summed E-state index contributed by atoms with van der Waals surface area (Å²) in [6.45, 7) is 1.39. The molecule has 2 nitrogen and oxygen atoms in total. The van der Waals surface area contributed by atoms with Crippen LogP contribution in [-0.4, -0.2) is 5.97 Å². The first-order valence-electron chi connectivity index (χ1n) is 6.01. The molecule has 2 aromatic rings. The van der Waals surface area contributed by atoms with E-state index in [0.717, 1.165) is 15.5 Å². The van der Waals surface area contributed by atoms with Gasteiger partial charge in [0.2, 0.25) is 0 Å². The molecule has 4 heteroatoms. The Morgan fingerprint density at radius 1 is 1.15 bits per heavy atom. The lowest BCUT2D eigenvalue weighted by Crippen LogP contribution is -2.01.